The molecule has 30 heavy (non-hydrogen) atoms. The minimum absolute atomic E-state index is 0.0151. The molecule has 3 aromatic rings. The Morgan fingerprint density at radius 1 is 1.20 bits per heavy atom. The number of nitrogens with zero attached hydrogens (tertiary/aromatic N) is 4. The molecule has 1 aliphatic carbocycles. The summed E-state index contributed by atoms with van der Waals surface area (Å²) in [4.78, 5) is 26.0. The molecule has 0 unspecified atom stereocenters. The maximum atomic E-state index is 12.5. The molecular formula is C21H23N5O3S. The van der Waals surface area contributed by atoms with Crippen molar-refractivity contribution in [3.05, 3.63) is 60.3 Å². The molecule has 2 amide bonds. The van der Waals surface area contributed by atoms with Gasteiger partial charge in [-0.05, 0) is 37.1 Å². The zero-order valence-corrected chi connectivity index (χ0v) is 17.5. The van der Waals surface area contributed by atoms with Crippen LogP contribution in [0.1, 0.15) is 30.3 Å². The fourth-order valence-corrected chi connectivity index (χ4v) is 3.89. The van der Waals surface area contributed by atoms with Crippen molar-refractivity contribution >= 4 is 23.6 Å². The van der Waals surface area contributed by atoms with E-state index in [0.717, 1.165) is 24.4 Å². The Labute approximate surface area is 178 Å². The first-order chi connectivity index (χ1) is 14.6. The summed E-state index contributed by atoms with van der Waals surface area (Å²) in [6.45, 7) is 0.283. The number of likely N-dealkylation sites (N-methyl/N-ethyl adjacent to an activating group) is 1. The summed E-state index contributed by atoms with van der Waals surface area (Å²) in [5, 5.41) is 12.1. The Balaban J connectivity index is 1.34. The number of hydrogen-bond acceptors (Lipinski definition) is 6. The monoisotopic (exact) mass is 425 g/mol. The molecule has 1 N–H and O–H groups in total. The van der Waals surface area contributed by atoms with Gasteiger partial charge in [0.25, 0.3) is 0 Å². The molecule has 4 rings (SSSR count). The molecule has 0 atom stereocenters. The van der Waals surface area contributed by atoms with Gasteiger partial charge in [-0.25, -0.2) is 0 Å². The highest BCUT2D eigenvalue weighted by Gasteiger charge is 2.31. The van der Waals surface area contributed by atoms with Crippen molar-refractivity contribution in [1.82, 2.24) is 25.0 Å². The van der Waals surface area contributed by atoms with Gasteiger partial charge in [0, 0.05) is 18.7 Å². The van der Waals surface area contributed by atoms with E-state index in [1.165, 1.54) is 16.7 Å². The molecule has 0 saturated heterocycles. The lowest BCUT2D eigenvalue weighted by Crippen LogP contribution is -2.38. The fourth-order valence-electron chi connectivity index (χ4n) is 3.00. The van der Waals surface area contributed by atoms with Crippen molar-refractivity contribution in [3.63, 3.8) is 0 Å². The maximum Gasteiger partial charge on any atom is 0.239 e. The Kier molecular flexibility index (Phi) is 6.18. The van der Waals surface area contributed by atoms with Gasteiger partial charge in [0.1, 0.15) is 11.6 Å². The average molecular weight is 426 g/mol. The summed E-state index contributed by atoms with van der Waals surface area (Å²) in [6.07, 6.45) is 3.78. The van der Waals surface area contributed by atoms with Crippen LogP contribution in [-0.2, 0) is 16.1 Å². The molecule has 2 aromatic heterocycles. The predicted octanol–water partition coefficient (Wildman–Crippen LogP) is 2.60. The van der Waals surface area contributed by atoms with E-state index in [4.69, 9.17) is 4.42 Å². The number of hydrogen-bond donors (Lipinski definition) is 1. The van der Waals surface area contributed by atoms with Crippen LogP contribution in [0.2, 0.25) is 0 Å². The smallest absolute Gasteiger partial charge is 0.239 e. The molecule has 1 saturated carbocycles. The average Bonchev–Trinajstić information content (AvgIpc) is 3.30. The number of aromatic nitrogens is 3. The van der Waals surface area contributed by atoms with Crippen molar-refractivity contribution < 1.29 is 14.0 Å². The number of rotatable bonds is 9. The first-order valence-electron chi connectivity index (χ1n) is 9.78. The molecule has 9 heteroatoms. The second kappa shape index (κ2) is 9.17. The van der Waals surface area contributed by atoms with Crippen molar-refractivity contribution in [2.24, 2.45) is 0 Å². The van der Waals surface area contributed by atoms with Crippen molar-refractivity contribution in [2.45, 2.75) is 30.5 Å². The summed E-state index contributed by atoms with van der Waals surface area (Å²) in [5.74, 6) is 1.83. The molecule has 0 aliphatic heterocycles. The van der Waals surface area contributed by atoms with Gasteiger partial charge < -0.3 is 14.6 Å². The number of furan rings is 1. The number of benzene rings is 1. The molecule has 0 radical (unpaired) electrons. The summed E-state index contributed by atoms with van der Waals surface area (Å²) in [7, 11) is 1.62. The third-order valence-electron chi connectivity index (χ3n) is 4.79. The van der Waals surface area contributed by atoms with Crippen LogP contribution in [0.25, 0.3) is 5.69 Å². The minimum atomic E-state index is -0.240. The van der Waals surface area contributed by atoms with E-state index in [2.05, 4.69) is 15.5 Å². The summed E-state index contributed by atoms with van der Waals surface area (Å²) >= 11 is 1.33. The lowest BCUT2D eigenvalue weighted by Gasteiger charge is -2.16. The summed E-state index contributed by atoms with van der Waals surface area (Å²) in [6, 6.07) is 13.5. The highest BCUT2D eigenvalue weighted by atomic mass is 32.2. The van der Waals surface area contributed by atoms with Crippen LogP contribution >= 0.6 is 11.8 Å². The number of amides is 2. The molecule has 0 bridgehead atoms. The van der Waals surface area contributed by atoms with Crippen LogP contribution in [0, 0.1) is 0 Å². The van der Waals surface area contributed by atoms with Crippen LogP contribution in [0.15, 0.2) is 58.3 Å². The molecule has 1 fully saturated rings. The number of nitrogens with one attached hydrogen (secondary N) is 1. The number of thioether (sulfide) groups is 1. The Morgan fingerprint density at radius 2 is 2.00 bits per heavy atom. The lowest BCUT2D eigenvalue weighted by atomic mass is 10.3. The summed E-state index contributed by atoms with van der Waals surface area (Å²) in [5.41, 5.74) is 0.991. The SMILES string of the molecule is CN(CC(=O)NCc1ccco1)C(=O)CSc1nnc(C2CC2)n1-c1ccccc1. The van der Waals surface area contributed by atoms with Gasteiger partial charge in [-0.15, -0.1) is 10.2 Å². The quantitative estimate of drug-likeness (QED) is 0.530. The third kappa shape index (κ3) is 4.91. The zero-order valence-electron chi connectivity index (χ0n) is 16.7. The van der Waals surface area contributed by atoms with Crippen LogP contribution in [0.4, 0.5) is 0 Å². The topological polar surface area (TPSA) is 93.3 Å². The van der Waals surface area contributed by atoms with Gasteiger partial charge in [0.05, 0.1) is 25.1 Å². The van der Waals surface area contributed by atoms with Crippen molar-refractivity contribution in [3.8, 4) is 5.69 Å². The molecule has 156 valence electrons. The largest absolute Gasteiger partial charge is 0.467 e. The zero-order chi connectivity index (χ0) is 20.9. The molecule has 2 heterocycles. The van der Waals surface area contributed by atoms with Crippen LogP contribution in [0.5, 0.6) is 0 Å². The predicted molar refractivity (Wildman–Crippen MR) is 112 cm³/mol. The van der Waals surface area contributed by atoms with E-state index in [9.17, 15) is 9.59 Å². The maximum absolute atomic E-state index is 12.5. The van der Waals surface area contributed by atoms with E-state index in [1.54, 1.807) is 25.4 Å². The Bertz CT molecular complexity index is 999. The molecular weight excluding hydrogens is 402 g/mol. The summed E-state index contributed by atoms with van der Waals surface area (Å²) < 4.78 is 7.21. The number of carbonyl (C=O) groups excluding carboxylic acids is 2. The van der Waals surface area contributed by atoms with E-state index in [-0.39, 0.29) is 24.1 Å². The van der Waals surface area contributed by atoms with E-state index in [1.807, 2.05) is 34.9 Å². The number of carbonyl (C=O) groups is 2. The molecule has 1 aliphatic rings. The van der Waals surface area contributed by atoms with Crippen molar-refractivity contribution in [2.75, 3.05) is 19.3 Å². The molecule has 1 aromatic carbocycles. The van der Waals surface area contributed by atoms with Crippen LogP contribution in [-0.4, -0.2) is 50.8 Å². The Hall–Kier alpha value is -3.07. The van der Waals surface area contributed by atoms with E-state index in [0.29, 0.717) is 23.4 Å². The second-order valence-corrected chi connectivity index (χ2v) is 8.12. The standard InChI is InChI=1S/C21H23N5O3S/c1-25(13-18(27)22-12-17-8-5-11-29-17)19(28)14-30-21-24-23-20(15-9-10-15)26(21)16-6-3-2-4-7-16/h2-8,11,15H,9-10,12-14H2,1H3,(H,22,27). The minimum Gasteiger partial charge on any atom is -0.467 e. The van der Waals surface area contributed by atoms with Crippen molar-refractivity contribution in [1.29, 1.82) is 0 Å². The highest BCUT2D eigenvalue weighted by molar-refractivity contribution is 7.99. The van der Waals surface area contributed by atoms with Gasteiger partial charge >= 0.3 is 0 Å². The second-order valence-electron chi connectivity index (χ2n) is 7.18. The van der Waals surface area contributed by atoms with Gasteiger partial charge in [0.15, 0.2) is 5.16 Å². The van der Waals surface area contributed by atoms with Gasteiger partial charge in [0.2, 0.25) is 11.8 Å². The van der Waals surface area contributed by atoms with E-state index >= 15 is 0 Å². The van der Waals surface area contributed by atoms with Gasteiger partial charge in [-0.1, -0.05) is 30.0 Å². The molecule has 0 spiro atoms. The third-order valence-corrected chi connectivity index (χ3v) is 5.70. The lowest BCUT2D eigenvalue weighted by molar-refractivity contribution is -0.132. The van der Waals surface area contributed by atoms with Gasteiger partial charge in [-0.3, -0.25) is 14.2 Å². The van der Waals surface area contributed by atoms with Crippen LogP contribution < -0.4 is 5.32 Å². The fraction of sp³-hybridized carbons (Fsp3) is 0.333. The molecule has 8 nitrogen and oxygen atoms in total. The normalized spacial score (nSPS) is 13.2. The Morgan fingerprint density at radius 3 is 2.70 bits per heavy atom. The van der Waals surface area contributed by atoms with E-state index < -0.39 is 0 Å². The van der Waals surface area contributed by atoms with Gasteiger partial charge in [-0.2, -0.15) is 0 Å². The van der Waals surface area contributed by atoms with Crippen LogP contribution in [0.3, 0.4) is 0 Å². The number of para-hydroxylation sites is 1. The first kappa shape index (κ1) is 20.2. The highest BCUT2D eigenvalue weighted by Crippen LogP contribution is 2.41. The first-order valence-corrected chi connectivity index (χ1v) is 10.8.